The van der Waals surface area contributed by atoms with E-state index in [4.69, 9.17) is 28.6 Å². The fourth-order valence-electron chi connectivity index (χ4n) is 11.1. The summed E-state index contributed by atoms with van der Waals surface area (Å²) in [6, 6.07) is 22.3. The van der Waals surface area contributed by atoms with Gasteiger partial charge in [-0.1, -0.05) is 98.7 Å². The second-order valence-corrected chi connectivity index (χ2v) is 22.4. The van der Waals surface area contributed by atoms with Gasteiger partial charge in [-0.15, -0.1) is 0 Å². The van der Waals surface area contributed by atoms with E-state index in [1.807, 2.05) is 12.4 Å². The van der Waals surface area contributed by atoms with Crippen LogP contribution in [-0.2, 0) is 40.3 Å². The van der Waals surface area contributed by atoms with E-state index in [1.54, 1.807) is 0 Å². The van der Waals surface area contributed by atoms with Crippen molar-refractivity contribution in [3.8, 4) is 22.5 Å². The highest BCUT2D eigenvalue weighted by atomic mass is 16.7. The van der Waals surface area contributed by atoms with E-state index in [0.717, 1.165) is 52.7 Å². The van der Waals surface area contributed by atoms with Crippen LogP contribution >= 0.6 is 0 Å². The molecule has 58 heavy (non-hydrogen) atoms. The number of fused-ring (bicyclic) bond motifs is 2. The van der Waals surface area contributed by atoms with Crippen LogP contribution in [-0.4, -0.2) is 46.6 Å². The van der Waals surface area contributed by atoms with Gasteiger partial charge in [-0.25, -0.2) is 0 Å². The van der Waals surface area contributed by atoms with Gasteiger partial charge in [0, 0.05) is 34.4 Å². The highest BCUT2D eigenvalue weighted by Gasteiger charge is 2.62. The number of benzene rings is 2. The van der Waals surface area contributed by atoms with Gasteiger partial charge in [0.15, 0.2) is 0 Å². The van der Waals surface area contributed by atoms with Crippen molar-refractivity contribution in [1.29, 1.82) is 0 Å². The normalized spacial score (nSPS) is 27.8. The van der Waals surface area contributed by atoms with Crippen molar-refractivity contribution in [2.24, 2.45) is 5.41 Å². The molecule has 0 saturated carbocycles. The van der Waals surface area contributed by atoms with Crippen LogP contribution < -0.4 is 10.9 Å². The van der Waals surface area contributed by atoms with E-state index in [0.29, 0.717) is 0 Å². The van der Waals surface area contributed by atoms with Crippen LogP contribution in [0.3, 0.4) is 0 Å². The first-order chi connectivity index (χ1) is 26.6. The molecule has 306 valence electrons. The van der Waals surface area contributed by atoms with Crippen LogP contribution in [0.15, 0.2) is 73.1 Å². The quantitative estimate of drug-likeness (QED) is 0.174. The molecule has 4 aliphatic rings. The topological polar surface area (TPSA) is 62.7 Å². The number of nitrogens with zero attached hydrogens (tertiary/aromatic N) is 2. The molecule has 4 aromatic rings. The first-order valence-corrected chi connectivity index (χ1v) is 21.6. The fraction of sp³-hybridized carbons (Fsp3) is 0.560. The van der Waals surface area contributed by atoms with Crippen molar-refractivity contribution < 1.29 is 18.6 Å². The van der Waals surface area contributed by atoms with Gasteiger partial charge in [-0.05, 0) is 141 Å². The molecule has 2 aliphatic carbocycles. The van der Waals surface area contributed by atoms with Crippen LogP contribution in [0.4, 0.5) is 0 Å². The van der Waals surface area contributed by atoms with E-state index in [9.17, 15) is 0 Å². The summed E-state index contributed by atoms with van der Waals surface area (Å²) in [5, 5.41) is 0. The molecule has 8 rings (SSSR count). The predicted octanol–water partition coefficient (Wildman–Crippen LogP) is 10.4. The summed E-state index contributed by atoms with van der Waals surface area (Å²) < 4.78 is 26.3. The summed E-state index contributed by atoms with van der Waals surface area (Å²) in [7, 11) is -0.913. The molecular formula is C50H66B2N2O4. The summed E-state index contributed by atoms with van der Waals surface area (Å²) in [6.45, 7) is 36.6. The van der Waals surface area contributed by atoms with E-state index in [2.05, 4.69) is 171 Å². The van der Waals surface area contributed by atoms with Gasteiger partial charge in [-0.2, -0.15) is 0 Å². The third-order valence-corrected chi connectivity index (χ3v) is 16.6. The third kappa shape index (κ3) is 6.12. The van der Waals surface area contributed by atoms with Gasteiger partial charge < -0.3 is 18.6 Å². The van der Waals surface area contributed by atoms with E-state index < -0.39 is 36.6 Å². The summed E-state index contributed by atoms with van der Waals surface area (Å²) in [4.78, 5) is 9.89. The SMILES string of the molecule is CC1(C)CC(C)(C)c2cc(-c3ccc(B4OC(C)(C)C(C)(CCC5(C)C(C)(C)c6ccc(-c7ccc(B8OC(C)(C)C(C)(C)O8)cn7)cc6C5(C)C)O4)cn3)ccc21. The molecule has 2 aromatic carbocycles. The van der Waals surface area contributed by atoms with Crippen LogP contribution in [0.5, 0.6) is 0 Å². The molecule has 6 nitrogen and oxygen atoms in total. The monoisotopic (exact) mass is 781 g/mol. The first-order valence-electron chi connectivity index (χ1n) is 21.6. The summed E-state index contributed by atoms with van der Waals surface area (Å²) >= 11 is 0. The number of aromatic nitrogens is 2. The lowest BCUT2D eigenvalue weighted by Crippen LogP contribution is -2.50. The smallest absolute Gasteiger partial charge is 0.399 e. The van der Waals surface area contributed by atoms with Gasteiger partial charge in [0.05, 0.1) is 33.8 Å². The Morgan fingerprint density at radius 3 is 1.43 bits per heavy atom. The molecule has 0 amide bonds. The van der Waals surface area contributed by atoms with Gasteiger partial charge in [0.1, 0.15) is 0 Å². The zero-order chi connectivity index (χ0) is 42.3. The standard InChI is InChI=1S/C50H66B2N2O4/c1-42(2)31-43(3,4)38-27-32(17-21-36(38)42)40-24-20-35(30-54-40)52-57-48(13,14)50(16,58-52)26-25-49(15)44(5,6)37-22-18-33(28-39(37)45(49,7)8)41-23-19-34(29-53-41)51-55-46(9,10)47(11,12)56-51/h17-24,27-30H,25-26,31H2,1-16H3. The van der Waals surface area contributed by atoms with E-state index >= 15 is 0 Å². The predicted molar refractivity (Wildman–Crippen MR) is 239 cm³/mol. The maximum Gasteiger partial charge on any atom is 0.496 e. The molecule has 2 atom stereocenters. The molecule has 0 N–H and O–H groups in total. The maximum atomic E-state index is 6.98. The van der Waals surface area contributed by atoms with Crippen molar-refractivity contribution in [2.45, 2.75) is 174 Å². The van der Waals surface area contributed by atoms with Gasteiger partial charge in [0.25, 0.3) is 0 Å². The van der Waals surface area contributed by atoms with Crippen molar-refractivity contribution in [3.05, 3.63) is 95.3 Å². The van der Waals surface area contributed by atoms with E-state index in [-0.39, 0.29) is 27.1 Å². The Hall–Kier alpha value is -3.29. The second kappa shape index (κ2) is 12.9. The Labute approximate surface area is 349 Å². The number of rotatable bonds is 7. The largest absolute Gasteiger partial charge is 0.496 e. The van der Waals surface area contributed by atoms with Crippen LogP contribution in [0, 0.1) is 5.41 Å². The zero-order valence-electron chi connectivity index (χ0n) is 38.2. The lowest BCUT2D eigenvalue weighted by atomic mass is 9.55. The van der Waals surface area contributed by atoms with Crippen molar-refractivity contribution in [2.75, 3.05) is 0 Å². The molecule has 2 unspecified atom stereocenters. The van der Waals surface area contributed by atoms with Gasteiger partial charge in [-0.3, -0.25) is 9.97 Å². The van der Waals surface area contributed by atoms with E-state index in [1.165, 1.54) is 22.3 Å². The number of pyridine rings is 2. The molecule has 0 spiro atoms. The minimum absolute atomic E-state index is 0.0711. The molecule has 0 radical (unpaired) electrons. The molecular weight excluding hydrogens is 714 g/mol. The lowest BCUT2D eigenvalue weighted by molar-refractivity contribution is -0.0356. The second-order valence-electron chi connectivity index (χ2n) is 22.4. The minimum atomic E-state index is -0.507. The van der Waals surface area contributed by atoms with Crippen molar-refractivity contribution >= 4 is 25.2 Å². The Balaban J connectivity index is 0.989. The Kier molecular flexibility index (Phi) is 9.19. The minimum Gasteiger partial charge on any atom is -0.399 e. The molecule has 2 aromatic heterocycles. The van der Waals surface area contributed by atoms with Gasteiger partial charge in [0.2, 0.25) is 0 Å². The van der Waals surface area contributed by atoms with Crippen molar-refractivity contribution in [1.82, 2.24) is 9.97 Å². The highest BCUT2D eigenvalue weighted by molar-refractivity contribution is 6.62. The Bertz CT molecular complexity index is 2240. The molecule has 8 heteroatoms. The third-order valence-electron chi connectivity index (χ3n) is 16.6. The molecule has 4 heterocycles. The average Bonchev–Trinajstić information content (AvgIpc) is 3.65. The summed E-state index contributed by atoms with van der Waals surface area (Å²) in [5.41, 5.74) is 10.0. The number of hydrogen-bond acceptors (Lipinski definition) is 6. The Morgan fingerprint density at radius 2 is 0.914 bits per heavy atom. The molecule has 2 aliphatic heterocycles. The van der Waals surface area contributed by atoms with Gasteiger partial charge >= 0.3 is 14.2 Å². The van der Waals surface area contributed by atoms with Crippen LogP contribution in [0.2, 0.25) is 0 Å². The highest BCUT2D eigenvalue weighted by Crippen LogP contribution is 2.65. The zero-order valence-corrected chi connectivity index (χ0v) is 38.2. The maximum absolute atomic E-state index is 6.98. The fourth-order valence-corrected chi connectivity index (χ4v) is 11.1. The van der Waals surface area contributed by atoms with Crippen LogP contribution in [0.25, 0.3) is 22.5 Å². The first kappa shape index (κ1) is 41.4. The lowest BCUT2D eigenvalue weighted by Gasteiger charge is -2.50. The number of hydrogen-bond donors (Lipinski definition) is 0. The molecule has 0 bridgehead atoms. The Morgan fingerprint density at radius 1 is 0.466 bits per heavy atom. The average molecular weight is 781 g/mol. The van der Waals surface area contributed by atoms with Crippen molar-refractivity contribution in [3.63, 3.8) is 0 Å². The summed E-state index contributed by atoms with van der Waals surface area (Å²) in [5.74, 6) is 0. The van der Waals surface area contributed by atoms with Crippen LogP contribution in [0.1, 0.15) is 152 Å². The molecule has 2 fully saturated rings. The summed E-state index contributed by atoms with van der Waals surface area (Å²) in [6.07, 6.45) is 6.83. The molecule has 2 saturated heterocycles.